The van der Waals surface area contributed by atoms with Gasteiger partial charge < -0.3 is 9.88 Å². The predicted molar refractivity (Wildman–Crippen MR) is 89.2 cm³/mol. The molecule has 1 fully saturated rings. The normalized spacial score (nSPS) is 18.2. The van der Waals surface area contributed by atoms with Gasteiger partial charge in [0.05, 0.1) is 23.4 Å². The fraction of sp³-hybridized carbons (Fsp3) is 0.438. The van der Waals surface area contributed by atoms with Gasteiger partial charge in [0.1, 0.15) is 6.33 Å². The van der Waals surface area contributed by atoms with Crippen LogP contribution in [0.1, 0.15) is 37.1 Å². The minimum atomic E-state index is -0.103. The first kappa shape index (κ1) is 14.8. The summed E-state index contributed by atoms with van der Waals surface area (Å²) in [5.41, 5.74) is 3.58. The zero-order valence-electron chi connectivity index (χ0n) is 13.5. The van der Waals surface area contributed by atoms with E-state index in [9.17, 15) is 4.79 Å². The summed E-state index contributed by atoms with van der Waals surface area (Å²) in [6, 6.07) is 3.70. The Labute approximate surface area is 138 Å². The number of piperidine rings is 1. The molecule has 0 spiro atoms. The Balaban J connectivity index is 1.69. The predicted octanol–water partition coefficient (Wildman–Crippen LogP) is 1.15. The van der Waals surface area contributed by atoms with E-state index in [0.29, 0.717) is 0 Å². The maximum absolute atomic E-state index is 11.6. The highest BCUT2D eigenvalue weighted by Crippen LogP contribution is 2.30. The maximum Gasteiger partial charge on any atom is 0.250 e. The van der Waals surface area contributed by atoms with E-state index in [1.165, 1.54) is 6.33 Å². The van der Waals surface area contributed by atoms with Crippen molar-refractivity contribution in [3.05, 3.63) is 46.5 Å². The standard InChI is InChI=1S/C16H19N7O/c1-2-12-6-14(16-20-19-10-23(16)21-12)22-5-3-4-11(8-22)13-7-15(24)18-9-17-13/h6-7,9-11H,2-5,8H2,1H3,(H,17,18,24). The average Bonchev–Trinajstić information content (AvgIpc) is 3.09. The van der Waals surface area contributed by atoms with Gasteiger partial charge in [-0.3, -0.25) is 4.79 Å². The Hall–Kier alpha value is -2.77. The second-order valence-corrected chi connectivity index (χ2v) is 6.09. The highest BCUT2D eigenvalue weighted by Gasteiger charge is 2.25. The number of aromatic amines is 1. The summed E-state index contributed by atoms with van der Waals surface area (Å²) in [7, 11) is 0. The van der Waals surface area contributed by atoms with Gasteiger partial charge in [-0.15, -0.1) is 10.2 Å². The molecule has 0 saturated carbocycles. The van der Waals surface area contributed by atoms with Crippen LogP contribution >= 0.6 is 0 Å². The van der Waals surface area contributed by atoms with E-state index in [0.717, 1.165) is 55.1 Å². The minimum Gasteiger partial charge on any atom is -0.368 e. The summed E-state index contributed by atoms with van der Waals surface area (Å²) < 4.78 is 1.74. The van der Waals surface area contributed by atoms with E-state index in [2.05, 4.69) is 43.2 Å². The van der Waals surface area contributed by atoms with Gasteiger partial charge >= 0.3 is 0 Å². The number of hydrogen-bond donors (Lipinski definition) is 1. The van der Waals surface area contributed by atoms with E-state index < -0.39 is 0 Å². The molecule has 0 amide bonds. The summed E-state index contributed by atoms with van der Waals surface area (Å²) >= 11 is 0. The molecule has 1 N–H and O–H groups in total. The first-order valence-corrected chi connectivity index (χ1v) is 8.24. The van der Waals surface area contributed by atoms with Crippen LogP contribution in [0.25, 0.3) is 5.65 Å². The molecule has 124 valence electrons. The molecule has 0 aliphatic carbocycles. The van der Waals surface area contributed by atoms with Crippen molar-refractivity contribution in [3.8, 4) is 0 Å². The van der Waals surface area contributed by atoms with Crippen LogP contribution in [-0.2, 0) is 6.42 Å². The molecular weight excluding hydrogens is 306 g/mol. The summed E-state index contributed by atoms with van der Waals surface area (Å²) in [5, 5.41) is 12.7. The Kier molecular flexibility index (Phi) is 3.72. The Morgan fingerprint density at radius 1 is 1.38 bits per heavy atom. The second-order valence-electron chi connectivity index (χ2n) is 6.09. The van der Waals surface area contributed by atoms with Crippen molar-refractivity contribution in [2.24, 2.45) is 0 Å². The lowest BCUT2D eigenvalue weighted by molar-refractivity contribution is 0.500. The first-order valence-electron chi connectivity index (χ1n) is 8.24. The minimum absolute atomic E-state index is 0.103. The van der Waals surface area contributed by atoms with Crippen molar-refractivity contribution < 1.29 is 0 Å². The van der Waals surface area contributed by atoms with E-state index in [1.807, 2.05) is 0 Å². The molecule has 3 aromatic rings. The van der Waals surface area contributed by atoms with E-state index >= 15 is 0 Å². The molecule has 1 atom stereocenters. The summed E-state index contributed by atoms with van der Waals surface area (Å²) in [5.74, 6) is 0.238. The Bertz CT molecular complexity index is 916. The van der Waals surface area contributed by atoms with Gasteiger partial charge in [0.25, 0.3) is 5.56 Å². The third-order valence-electron chi connectivity index (χ3n) is 4.54. The number of anilines is 1. The van der Waals surface area contributed by atoms with Crippen molar-refractivity contribution in [3.63, 3.8) is 0 Å². The van der Waals surface area contributed by atoms with Crippen LogP contribution in [0.3, 0.4) is 0 Å². The molecule has 0 bridgehead atoms. The number of nitrogens with one attached hydrogen (secondary N) is 1. The van der Waals surface area contributed by atoms with Gasteiger partial charge in [0.2, 0.25) is 5.65 Å². The lowest BCUT2D eigenvalue weighted by atomic mass is 9.94. The zero-order chi connectivity index (χ0) is 16.5. The van der Waals surface area contributed by atoms with Crippen LogP contribution < -0.4 is 10.5 Å². The molecule has 24 heavy (non-hydrogen) atoms. The lowest BCUT2D eigenvalue weighted by Gasteiger charge is -2.34. The van der Waals surface area contributed by atoms with Crippen LogP contribution in [0.4, 0.5) is 5.69 Å². The molecule has 4 rings (SSSR count). The van der Waals surface area contributed by atoms with Crippen LogP contribution in [0.2, 0.25) is 0 Å². The molecule has 1 saturated heterocycles. The Morgan fingerprint density at radius 3 is 3.12 bits per heavy atom. The molecule has 0 radical (unpaired) electrons. The van der Waals surface area contributed by atoms with E-state index in [4.69, 9.17) is 0 Å². The number of fused-ring (bicyclic) bond motifs is 1. The first-order chi connectivity index (χ1) is 11.7. The fourth-order valence-corrected chi connectivity index (χ4v) is 3.31. The quantitative estimate of drug-likeness (QED) is 0.777. The Morgan fingerprint density at radius 2 is 2.29 bits per heavy atom. The largest absolute Gasteiger partial charge is 0.368 e. The summed E-state index contributed by atoms with van der Waals surface area (Å²) in [6.45, 7) is 3.85. The second kappa shape index (κ2) is 6.03. The number of hydrogen-bond acceptors (Lipinski definition) is 6. The summed E-state index contributed by atoms with van der Waals surface area (Å²) in [4.78, 5) is 20.8. The molecule has 1 aliphatic heterocycles. The van der Waals surface area contributed by atoms with E-state index in [-0.39, 0.29) is 11.5 Å². The monoisotopic (exact) mass is 325 g/mol. The molecule has 4 heterocycles. The fourth-order valence-electron chi connectivity index (χ4n) is 3.31. The molecule has 3 aromatic heterocycles. The van der Waals surface area contributed by atoms with Crippen LogP contribution in [-0.4, -0.2) is 42.9 Å². The smallest absolute Gasteiger partial charge is 0.250 e. The number of aryl methyl sites for hydroxylation is 1. The molecule has 1 aliphatic rings. The highest BCUT2D eigenvalue weighted by molar-refractivity contribution is 5.68. The van der Waals surface area contributed by atoms with Crippen molar-refractivity contribution in [2.45, 2.75) is 32.1 Å². The SMILES string of the molecule is CCc1cc(N2CCCC(c3cc(=O)[nH]cn3)C2)c2nncn2n1. The number of rotatable bonds is 3. The molecule has 0 aromatic carbocycles. The zero-order valence-corrected chi connectivity index (χ0v) is 13.5. The van der Waals surface area contributed by atoms with Crippen LogP contribution in [0.15, 0.2) is 29.6 Å². The third kappa shape index (κ3) is 2.64. The van der Waals surface area contributed by atoms with Gasteiger partial charge in [-0.1, -0.05) is 6.92 Å². The lowest BCUT2D eigenvalue weighted by Crippen LogP contribution is -2.35. The van der Waals surface area contributed by atoms with Crippen molar-refractivity contribution in [2.75, 3.05) is 18.0 Å². The third-order valence-corrected chi connectivity index (χ3v) is 4.54. The maximum atomic E-state index is 11.6. The highest BCUT2D eigenvalue weighted by atomic mass is 16.1. The van der Waals surface area contributed by atoms with Gasteiger partial charge in [-0.25, -0.2) is 4.98 Å². The van der Waals surface area contributed by atoms with Gasteiger partial charge in [0.15, 0.2) is 0 Å². The average molecular weight is 325 g/mol. The topological polar surface area (TPSA) is 92.1 Å². The molecule has 8 heteroatoms. The number of H-pyrrole nitrogens is 1. The van der Waals surface area contributed by atoms with Gasteiger partial charge in [-0.05, 0) is 25.3 Å². The van der Waals surface area contributed by atoms with Gasteiger partial charge in [0, 0.05) is 25.1 Å². The van der Waals surface area contributed by atoms with Crippen LogP contribution in [0, 0.1) is 0 Å². The number of aromatic nitrogens is 6. The van der Waals surface area contributed by atoms with Gasteiger partial charge in [-0.2, -0.15) is 9.61 Å². The molecule has 1 unspecified atom stereocenters. The van der Waals surface area contributed by atoms with Crippen molar-refractivity contribution in [1.29, 1.82) is 0 Å². The van der Waals surface area contributed by atoms with Crippen LogP contribution in [0.5, 0.6) is 0 Å². The summed E-state index contributed by atoms with van der Waals surface area (Å²) in [6.07, 6.45) is 6.05. The van der Waals surface area contributed by atoms with E-state index in [1.54, 1.807) is 16.9 Å². The molecular formula is C16H19N7O. The number of nitrogens with zero attached hydrogens (tertiary/aromatic N) is 6. The van der Waals surface area contributed by atoms with Crippen molar-refractivity contribution in [1.82, 2.24) is 29.8 Å². The van der Waals surface area contributed by atoms with Crippen molar-refractivity contribution >= 4 is 11.3 Å². The molecule has 8 nitrogen and oxygen atoms in total.